The van der Waals surface area contributed by atoms with Gasteiger partial charge in [0.1, 0.15) is 5.75 Å². The molecule has 0 spiro atoms. The number of methoxy groups -OCH3 is 1. The number of ether oxygens (including phenoxy) is 2. The SMILES string of the molecule is COc1cccc(C(C)=CCCCN(C)C(=O)C(OCCCCCc2ccc(C)c(C)c2)C(O)C(=O)O)c1. The number of hydrogen-bond donors (Lipinski definition) is 2. The Morgan fingerprint density at radius 2 is 1.79 bits per heavy atom. The largest absolute Gasteiger partial charge is 0.497 e. The Morgan fingerprint density at radius 3 is 2.47 bits per heavy atom. The number of carbonyl (C=O) groups is 2. The number of unbranched alkanes of at least 4 members (excludes halogenated alkanes) is 3. The van der Waals surface area contributed by atoms with Crippen molar-refractivity contribution in [1.82, 2.24) is 4.90 Å². The van der Waals surface area contributed by atoms with E-state index in [9.17, 15) is 19.8 Å². The molecule has 0 aliphatic rings. The van der Waals surface area contributed by atoms with E-state index in [1.54, 1.807) is 14.2 Å². The Balaban J connectivity index is 1.80. The summed E-state index contributed by atoms with van der Waals surface area (Å²) < 4.78 is 10.9. The number of carboxylic acid groups (broad SMARTS) is 1. The van der Waals surface area contributed by atoms with Gasteiger partial charge in [-0.2, -0.15) is 0 Å². The number of carbonyl (C=O) groups excluding carboxylic acids is 1. The number of allylic oxidation sites excluding steroid dienone is 2. The van der Waals surface area contributed by atoms with E-state index in [2.05, 4.69) is 38.1 Å². The van der Waals surface area contributed by atoms with Crippen LogP contribution in [0.15, 0.2) is 48.5 Å². The summed E-state index contributed by atoms with van der Waals surface area (Å²) >= 11 is 0. The zero-order valence-corrected chi connectivity index (χ0v) is 23.4. The number of aryl methyl sites for hydroxylation is 3. The minimum absolute atomic E-state index is 0.212. The monoisotopic (exact) mass is 525 g/mol. The van der Waals surface area contributed by atoms with Crippen LogP contribution < -0.4 is 4.74 Å². The summed E-state index contributed by atoms with van der Waals surface area (Å²) in [4.78, 5) is 25.8. The lowest BCUT2D eigenvalue weighted by molar-refractivity contribution is -0.166. The Hall–Kier alpha value is -3.16. The fourth-order valence-corrected chi connectivity index (χ4v) is 4.16. The zero-order valence-electron chi connectivity index (χ0n) is 23.4. The van der Waals surface area contributed by atoms with Gasteiger partial charge in [-0.05, 0) is 92.8 Å². The first-order chi connectivity index (χ1) is 18.1. The molecule has 2 aromatic rings. The number of amides is 1. The van der Waals surface area contributed by atoms with Crippen LogP contribution in [-0.4, -0.2) is 66.5 Å². The summed E-state index contributed by atoms with van der Waals surface area (Å²) in [5.74, 6) is -1.20. The molecule has 38 heavy (non-hydrogen) atoms. The van der Waals surface area contributed by atoms with Crippen molar-refractivity contribution in [1.29, 1.82) is 0 Å². The number of likely N-dealkylation sites (N-methyl/N-ethyl adjacent to an activating group) is 1. The highest BCUT2D eigenvalue weighted by Crippen LogP contribution is 2.20. The summed E-state index contributed by atoms with van der Waals surface area (Å²) in [5.41, 5.74) is 6.03. The van der Waals surface area contributed by atoms with Crippen molar-refractivity contribution in [2.45, 2.75) is 71.5 Å². The summed E-state index contributed by atoms with van der Waals surface area (Å²) in [5, 5.41) is 19.4. The van der Waals surface area contributed by atoms with Gasteiger partial charge in [0.25, 0.3) is 5.91 Å². The number of rotatable bonds is 16. The minimum atomic E-state index is -1.91. The highest BCUT2D eigenvalue weighted by Gasteiger charge is 2.34. The van der Waals surface area contributed by atoms with Crippen LogP contribution in [-0.2, 0) is 20.7 Å². The van der Waals surface area contributed by atoms with Crippen LogP contribution in [0.1, 0.15) is 61.3 Å². The van der Waals surface area contributed by atoms with Gasteiger partial charge in [-0.15, -0.1) is 0 Å². The second-order valence-electron chi connectivity index (χ2n) is 9.82. The molecule has 0 saturated carbocycles. The van der Waals surface area contributed by atoms with Crippen molar-refractivity contribution < 1.29 is 29.3 Å². The van der Waals surface area contributed by atoms with Gasteiger partial charge in [-0.3, -0.25) is 4.79 Å². The summed E-state index contributed by atoms with van der Waals surface area (Å²) in [6.45, 7) is 6.86. The van der Waals surface area contributed by atoms with E-state index < -0.39 is 24.1 Å². The molecular formula is C31H43NO6. The number of benzene rings is 2. The van der Waals surface area contributed by atoms with E-state index in [-0.39, 0.29) is 6.61 Å². The second-order valence-corrected chi connectivity index (χ2v) is 9.82. The van der Waals surface area contributed by atoms with E-state index in [4.69, 9.17) is 9.47 Å². The van der Waals surface area contributed by atoms with Gasteiger partial charge in [0.2, 0.25) is 0 Å². The molecule has 0 fully saturated rings. The second kappa shape index (κ2) is 15.9. The Labute approximate surface area is 227 Å². The normalized spacial score (nSPS) is 13.2. The zero-order chi connectivity index (χ0) is 28.1. The van der Waals surface area contributed by atoms with E-state index in [0.717, 1.165) is 42.6 Å². The molecule has 2 N–H and O–H groups in total. The number of carboxylic acids is 1. The fraction of sp³-hybridized carbons (Fsp3) is 0.484. The molecule has 2 aromatic carbocycles. The van der Waals surface area contributed by atoms with E-state index in [1.165, 1.54) is 21.6 Å². The Kier molecular flexibility index (Phi) is 13.0. The molecule has 0 aromatic heterocycles. The molecule has 1 amide bonds. The van der Waals surface area contributed by atoms with Crippen LogP contribution >= 0.6 is 0 Å². The van der Waals surface area contributed by atoms with Crippen molar-refractivity contribution in [3.05, 3.63) is 70.8 Å². The van der Waals surface area contributed by atoms with Gasteiger partial charge in [0.05, 0.1) is 7.11 Å². The minimum Gasteiger partial charge on any atom is -0.497 e. The topological polar surface area (TPSA) is 96.3 Å². The van der Waals surface area contributed by atoms with Crippen molar-refractivity contribution in [2.24, 2.45) is 0 Å². The first-order valence-corrected chi connectivity index (χ1v) is 13.3. The molecule has 0 aliphatic carbocycles. The van der Waals surface area contributed by atoms with Gasteiger partial charge >= 0.3 is 5.97 Å². The standard InChI is InChI=1S/C31H43NO6/c1-22-16-17-25(20-24(22)3)13-7-6-10-19-38-29(28(33)31(35)36)30(34)32(4)18-9-8-12-23(2)26-14-11-15-27(21-26)37-5/h11-12,14-17,20-21,28-29,33H,6-10,13,18-19H2,1-5H3,(H,35,36). The maximum atomic E-state index is 12.9. The predicted octanol–water partition coefficient (Wildman–Crippen LogP) is 5.20. The van der Waals surface area contributed by atoms with Crippen molar-refractivity contribution in [3.63, 3.8) is 0 Å². The molecular weight excluding hydrogens is 482 g/mol. The molecule has 2 atom stereocenters. The molecule has 7 nitrogen and oxygen atoms in total. The third-order valence-electron chi connectivity index (χ3n) is 6.81. The quantitative estimate of drug-likeness (QED) is 0.293. The van der Waals surface area contributed by atoms with Crippen LogP contribution in [0.2, 0.25) is 0 Å². The lowest BCUT2D eigenvalue weighted by Crippen LogP contribution is -2.48. The molecule has 208 valence electrons. The van der Waals surface area contributed by atoms with Gasteiger partial charge in [0.15, 0.2) is 12.2 Å². The van der Waals surface area contributed by atoms with Crippen molar-refractivity contribution >= 4 is 17.4 Å². The van der Waals surface area contributed by atoms with Crippen molar-refractivity contribution in [2.75, 3.05) is 27.3 Å². The smallest absolute Gasteiger partial charge is 0.335 e. The third kappa shape index (κ3) is 9.95. The van der Waals surface area contributed by atoms with Crippen LogP contribution in [0, 0.1) is 13.8 Å². The van der Waals surface area contributed by atoms with Crippen LogP contribution in [0.4, 0.5) is 0 Å². The van der Waals surface area contributed by atoms with Crippen LogP contribution in [0.25, 0.3) is 5.57 Å². The summed E-state index contributed by atoms with van der Waals surface area (Å²) in [7, 11) is 3.24. The molecule has 0 saturated heterocycles. The number of aliphatic carboxylic acids is 1. The molecule has 0 heterocycles. The van der Waals surface area contributed by atoms with Gasteiger partial charge in [0, 0.05) is 20.2 Å². The molecule has 0 bridgehead atoms. The van der Waals surface area contributed by atoms with Gasteiger partial charge < -0.3 is 24.6 Å². The van der Waals surface area contributed by atoms with E-state index in [0.29, 0.717) is 19.4 Å². The number of nitrogens with zero attached hydrogens (tertiary/aromatic N) is 1. The summed E-state index contributed by atoms with van der Waals surface area (Å²) in [6.07, 6.45) is 3.69. The van der Waals surface area contributed by atoms with Crippen LogP contribution in [0.3, 0.4) is 0 Å². The molecule has 7 heteroatoms. The van der Waals surface area contributed by atoms with E-state index >= 15 is 0 Å². The average molecular weight is 526 g/mol. The Bertz CT molecular complexity index is 1080. The number of aliphatic hydroxyl groups is 1. The van der Waals surface area contributed by atoms with E-state index in [1.807, 2.05) is 31.2 Å². The highest BCUT2D eigenvalue weighted by atomic mass is 16.5. The average Bonchev–Trinajstić information content (AvgIpc) is 2.91. The molecule has 0 radical (unpaired) electrons. The van der Waals surface area contributed by atoms with Crippen LogP contribution in [0.5, 0.6) is 5.75 Å². The maximum absolute atomic E-state index is 12.9. The molecule has 0 aliphatic heterocycles. The molecule has 2 rings (SSSR count). The highest BCUT2D eigenvalue weighted by molar-refractivity contribution is 5.87. The first kappa shape index (κ1) is 31.1. The fourth-order valence-electron chi connectivity index (χ4n) is 4.16. The van der Waals surface area contributed by atoms with Crippen molar-refractivity contribution in [3.8, 4) is 5.75 Å². The molecule has 2 unspecified atom stereocenters. The Morgan fingerprint density at radius 1 is 1.03 bits per heavy atom. The van der Waals surface area contributed by atoms with Gasteiger partial charge in [-0.1, -0.05) is 42.8 Å². The lowest BCUT2D eigenvalue weighted by atomic mass is 10.0. The third-order valence-corrected chi connectivity index (χ3v) is 6.81. The lowest BCUT2D eigenvalue weighted by Gasteiger charge is -2.25. The first-order valence-electron chi connectivity index (χ1n) is 13.3. The number of hydrogen-bond acceptors (Lipinski definition) is 5. The maximum Gasteiger partial charge on any atom is 0.335 e. The predicted molar refractivity (Wildman–Crippen MR) is 150 cm³/mol. The number of aliphatic hydroxyl groups excluding tert-OH is 1. The summed E-state index contributed by atoms with van der Waals surface area (Å²) in [6, 6.07) is 14.3. The van der Waals surface area contributed by atoms with Gasteiger partial charge in [-0.25, -0.2) is 4.79 Å².